The standard InChI is InChI=1S/C8H12O2S/c1-4-8(3)6-10-11(9)5-7(8)2/h1,7H,5-6H2,2-3H3. The highest BCUT2D eigenvalue weighted by atomic mass is 32.2. The molecule has 0 aromatic carbocycles. The Kier molecular flexibility index (Phi) is 2.36. The quantitative estimate of drug-likeness (QED) is 0.509. The summed E-state index contributed by atoms with van der Waals surface area (Å²) in [6.07, 6.45) is 5.34. The van der Waals surface area contributed by atoms with Crippen molar-refractivity contribution in [2.24, 2.45) is 11.3 Å². The summed E-state index contributed by atoms with van der Waals surface area (Å²) in [5.74, 6) is 3.53. The first-order valence-electron chi connectivity index (χ1n) is 3.58. The molecule has 0 aliphatic carbocycles. The van der Waals surface area contributed by atoms with Crippen molar-refractivity contribution >= 4 is 11.1 Å². The lowest BCUT2D eigenvalue weighted by molar-refractivity contribution is 0.158. The highest BCUT2D eigenvalue weighted by Gasteiger charge is 2.35. The maximum Gasteiger partial charge on any atom is 0.155 e. The summed E-state index contributed by atoms with van der Waals surface area (Å²) in [4.78, 5) is 0. The molecule has 1 rings (SSSR count). The maximum absolute atomic E-state index is 10.9. The molecule has 0 radical (unpaired) electrons. The molecule has 1 fully saturated rings. The molecule has 0 spiro atoms. The van der Waals surface area contributed by atoms with Crippen LogP contribution in [-0.4, -0.2) is 16.6 Å². The molecule has 0 saturated carbocycles. The van der Waals surface area contributed by atoms with Crippen LogP contribution in [0.1, 0.15) is 13.8 Å². The largest absolute Gasteiger partial charge is 0.289 e. The normalized spacial score (nSPS) is 44.8. The van der Waals surface area contributed by atoms with E-state index >= 15 is 0 Å². The lowest BCUT2D eigenvalue weighted by Gasteiger charge is -2.33. The molecule has 1 aliphatic rings. The van der Waals surface area contributed by atoms with Gasteiger partial charge < -0.3 is 0 Å². The summed E-state index contributed by atoms with van der Waals surface area (Å²) in [6.45, 7) is 4.39. The molecule has 0 N–H and O–H groups in total. The minimum Gasteiger partial charge on any atom is -0.289 e. The van der Waals surface area contributed by atoms with Gasteiger partial charge in [0.1, 0.15) is 0 Å². The van der Waals surface area contributed by atoms with E-state index in [1.54, 1.807) is 0 Å². The van der Waals surface area contributed by atoms with Crippen molar-refractivity contribution in [3.05, 3.63) is 0 Å². The van der Waals surface area contributed by atoms with Gasteiger partial charge in [0.15, 0.2) is 11.1 Å². The SMILES string of the molecule is C#CC1(C)COS(=O)CC1C. The van der Waals surface area contributed by atoms with Crippen LogP contribution in [0.3, 0.4) is 0 Å². The van der Waals surface area contributed by atoms with Gasteiger partial charge in [0.25, 0.3) is 0 Å². The average Bonchev–Trinajstić information content (AvgIpc) is 1.98. The fraction of sp³-hybridized carbons (Fsp3) is 0.750. The zero-order valence-corrected chi connectivity index (χ0v) is 7.61. The lowest BCUT2D eigenvalue weighted by Crippen LogP contribution is -2.38. The monoisotopic (exact) mass is 172 g/mol. The Morgan fingerprint density at radius 3 is 2.91 bits per heavy atom. The van der Waals surface area contributed by atoms with E-state index in [0.717, 1.165) is 0 Å². The van der Waals surface area contributed by atoms with E-state index in [2.05, 4.69) is 5.92 Å². The molecule has 1 heterocycles. The van der Waals surface area contributed by atoms with Crippen LogP contribution in [0.25, 0.3) is 0 Å². The summed E-state index contributed by atoms with van der Waals surface area (Å²) in [5, 5.41) is 0. The van der Waals surface area contributed by atoms with Gasteiger partial charge >= 0.3 is 0 Å². The van der Waals surface area contributed by atoms with Gasteiger partial charge in [-0.3, -0.25) is 4.18 Å². The van der Waals surface area contributed by atoms with Gasteiger partial charge in [-0.15, -0.1) is 6.42 Å². The van der Waals surface area contributed by atoms with Crippen molar-refractivity contribution in [1.29, 1.82) is 0 Å². The van der Waals surface area contributed by atoms with Crippen molar-refractivity contribution in [3.8, 4) is 12.3 Å². The van der Waals surface area contributed by atoms with E-state index in [4.69, 9.17) is 10.6 Å². The number of terminal acetylenes is 1. The number of rotatable bonds is 0. The van der Waals surface area contributed by atoms with Crippen molar-refractivity contribution in [1.82, 2.24) is 0 Å². The van der Waals surface area contributed by atoms with Crippen molar-refractivity contribution < 1.29 is 8.39 Å². The van der Waals surface area contributed by atoms with Crippen molar-refractivity contribution in [3.63, 3.8) is 0 Å². The molecule has 3 unspecified atom stereocenters. The van der Waals surface area contributed by atoms with E-state index in [0.29, 0.717) is 12.4 Å². The van der Waals surface area contributed by atoms with Gasteiger partial charge in [-0.25, -0.2) is 4.21 Å². The second kappa shape index (κ2) is 2.96. The topological polar surface area (TPSA) is 26.3 Å². The Balaban J connectivity index is 2.73. The second-order valence-electron chi connectivity index (χ2n) is 3.20. The van der Waals surface area contributed by atoms with E-state index in [1.165, 1.54) is 0 Å². The fourth-order valence-corrected chi connectivity index (χ4v) is 2.20. The molecule has 0 amide bonds. The van der Waals surface area contributed by atoms with Crippen LogP contribution in [0.5, 0.6) is 0 Å². The van der Waals surface area contributed by atoms with Gasteiger partial charge in [-0.1, -0.05) is 12.8 Å². The molecule has 0 aromatic rings. The number of hydrogen-bond donors (Lipinski definition) is 0. The van der Waals surface area contributed by atoms with Gasteiger partial charge in [-0.2, -0.15) is 0 Å². The molecular formula is C8H12O2S. The summed E-state index contributed by atoms with van der Waals surface area (Å²) in [5.41, 5.74) is -0.228. The maximum atomic E-state index is 10.9. The first kappa shape index (κ1) is 8.76. The third kappa shape index (κ3) is 1.63. The van der Waals surface area contributed by atoms with Crippen molar-refractivity contribution in [2.45, 2.75) is 13.8 Å². The molecule has 0 bridgehead atoms. The Hall–Kier alpha value is -0.330. The summed E-state index contributed by atoms with van der Waals surface area (Å²) < 4.78 is 15.9. The van der Waals surface area contributed by atoms with Crippen LogP contribution in [0, 0.1) is 23.7 Å². The van der Waals surface area contributed by atoms with Crippen molar-refractivity contribution in [2.75, 3.05) is 12.4 Å². The van der Waals surface area contributed by atoms with Crippen LogP contribution in [0.15, 0.2) is 0 Å². The van der Waals surface area contributed by atoms with Crippen LogP contribution in [-0.2, 0) is 15.3 Å². The molecule has 11 heavy (non-hydrogen) atoms. The Labute approximate surface area is 70.0 Å². The third-order valence-corrected chi connectivity index (χ3v) is 3.45. The minimum absolute atomic E-state index is 0.228. The van der Waals surface area contributed by atoms with Gasteiger partial charge in [-0.05, 0) is 12.8 Å². The first-order valence-corrected chi connectivity index (χ1v) is 4.82. The Bertz CT molecular complexity index is 219. The van der Waals surface area contributed by atoms with Gasteiger partial charge in [0.05, 0.1) is 17.8 Å². The summed E-state index contributed by atoms with van der Waals surface area (Å²) in [6, 6.07) is 0. The van der Waals surface area contributed by atoms with Gasteiger partial charge in [0.2, 0.25) is 0 Å². The van der Waals surface area contributed by atoms with Crippen LogP contribution < -0.4 is 0 Å². The predicted molar refractivity (Wildman–Crippen MR) is 45.1 cm³/mol. The highest BCUT2D eigenvalue weighted by molar-refractivity contribution is 7.80. The molecule has 1 aliphatic heterocycles. The van der Waals surface area contributed by atoms with E-state index in [-0.39, 0.29) is 11.3 Å². The molecule has 1 saturated heterocycles. The molecular weight excluding hydrogens is 160 g/mol. The second-order valence-corrected chi connectivity index (χ2v) is 4.37. The van der Waals surface area contributed by atoms with E-state index in [1.807, 2.05) is 13.8 Å². The first-order chi connectivity index (χ1) is 5.08. The molecule has 2 nitrogen and oxygen atoms in total. The highest BCUT2D eigenvalue weighted by Crippen LogP contribution is 2.31. The van der Waals surface area contributed by atoms with Crippen LogP contribution in [0.4, 0.5) is 0 Å². The van der Waals surface area contributed by atoms with Gasteiger partial charge in [0, 0.05) is 0 Å². The molecule has 0 aromatic heterocycles. The fourth-order valence-electron chi connectivity index (χ4n) is 0.950. The summed E-state index contributed by atoms with van der Waals surface area (Å²) in [7, 11) is 0. The minimum atomic E-state index is -1.11. The van der Waals surface area contributed by atoms with E-state index < -0.39 is 11.1 Å². The van der Waals surface area contributed by atoms with E-state index in [9.17, 15) is 4.21 Å². The zero-order chi connectivity index (χ0) is 8.48. The van der Waals surface area contributed by atoms with Crippen LogP contribution in [0.2, 0.25) is 0 Å². The number of hydrogen-bond acceptors (Lipinski definition) is 2. The Morgan fingerprint density at radius 2 is 2.45 bits per heavy atom. The molecule has 62 valence electrons. The average molecular weight is 172 g/mol. The van der Waals surface area contributed by atoms with Crippen LogP contribution >= 0.6 is 0 Å². The Morgan fingerprint density at radius 1 is 1.82 bits per heavy atom. The summed E-state index contributed by atoms with van der Waals surface area (Å²) >= 11 is -1.11. The zero-order valence-electron chi connectivity index (χ0n) is 6.79. The smallest absolute Gasteiger partial charge is 0.155 e. The molecule has 3 heteroatoms. The predicted octanol–water partition coefficient (Wildman–Crippen LogP) is 0.956. The molecule has 3 atom stereocenters. The third-order valence-electron chi connectivity index (χ3n) is 2.29. The lowest BCUT2D eigenvalue weighted by atomic mass is 9.81.